The number of hydrogen-bond acceptors (Lipinski definition) is 4. The van der Waals surface area contributed by atoms with Crippen molar-refractivity contribution < 1.29 is 18.9 Å². The smallest absolute Gasteiger partial charge is 0.127 e. The minimum absolute atomic E-state index is 0.135. The first-order valence-corrected chi connectivity index (χ1v) is 11.2. The molecule has 0 spiro atoms. The summed E-state index contributed by atoms with van der Waals surface area (Å²) in [4.78, 5) is 0. The predicted molar refractivity (Wildman–Crippen MR) is 120 cm³/mol. The second-order valence-corrected chi connectivity index (χ2v) is 8.75. The molecule has 0 aliphatic carbocycles. The van der Waals surface area contributed by atoms with Gasteiger partial charge in [-0.25, -0.2) is 0 Å². The highest BCUT2D eigenvalue weighted by Gasteiger charge is 2.34. The molecule has 0 amide bonds. The number of aryl methyl sites for hydroxylation is 4. The van der Waals surface area contributed by atoms with E-state index in [2.05, 4.69) is 65.8 Å². The zero-order valence-corrected chi connectivity index (χ0v) is 19.1. The summed E-state index contributed by atoms with van der Waals surface area (Å²) in [5.74, 6) is 1.98. The Bertz CT molecular complexity index is 790. The van der Waals surface area contributed by atoms with Crippen LogP contribution in [0.2, 0.25) is 0 Å². The lowest BCUT2D eigenvalue weighted by molar-refractivity contribution is 0.153. The second-order valence-electron chi connectivity index (χ2n) is 8.75. The lowest BCUT2D eigenvalue weighted by Crippen LogP contribution is -2.23. The molecule has 2 aromatic rings. The highest BCUT2D eigenvalue weighted by atomic mass is 16.6. The minimum atomic E-state index is 0.135. The minimum Gasteiger partial charge on any atom is -0.487 e. The van der Waals surface area contributed by atoms with Gasteiger partial charge in [0.15, 0.2) is 0 Å². The molecule has 2 heterocycles. The van der Waals surface area contributed by atoms with E-state index in [0.717, 1.165) is 59.8 Å². The molecule has 30 heavy (non-hydrogen) atoms. The van der Waals surface area contributed by atoms with Crippen LogP contribution < -0.4 is 9.47 Å². The first kappa shape index (κ1) is 21.2. The zero-order valence-electron chi connectivity index (χ0n) is 19.1. The monoisotopic (exact) mass is 410 g/mol. The first-order valence-electron chi connectivity index (χ1n) is 11.2. The summed E-state index contributed by atoms with van der Waals surface area (Å²) in [5, 5.41) is 0. The van der Waals surface area contributed by atoms with E-state index in [0.29, 0.717) is 0 Å². The van der Waals surface area contributed by atoms with E-state index in [-0.39, 0.29) is 24.4 Å². The number of rotatable bonds is 9. The molecule has 0 bridgehead atoms. The second kappa shape index (κ2) is 8.60. The summed E-state index contributed by atoms with van der Waals surface area (Å²) in [5.41, 5.74) is 7.08. The summed E-state index contributed by atoms with van der Waals surface area (Å²) in [7, 11) is 0. The Morgan fingerprint density at radius 2 is 1.00 bits per heavy atom. The average molecular weight is 411 g/mol. The van der Waals surface area contributed by atoms with Crippen LogP contribution in [0.15, 0.2) is 24.3 Å². The maximum absolute atomic E-state index is 6.33. The number of ether oxygens (including phenoxy) is 4. The molecule has 4 atom stereocenters. The molecule has 0 radical (unpaired) electrons. The van der Waals surface area contributed by atoms with Crippen molar-refractivity contribution in [1.82, 2.24) is 0 Å². The third-order valence-corrected chi connectivity index (χ3v) is 6.14. The molecule has 0 saturated carbocycles. The van der Waals surface area contributed by atoms with Crippen LogP contribution in [0.5, 0.6) is 11.5 Å². The van der Waals surface area contributed by atoms with E-state index < -0.39 is 0 Å². The van der Waals surface area contributed by atoms with Gasteiger partial charge in [0.2, 0.25) is 0 Å². The van der Waals surface area contributed by atoms with E-state index in [4.69, 9.17) is 18.9 Å². The summed E-state index contributed by atoms with van der Waals surface area (Å²) >= 11 is 0. The van der Waals surface area contributed by atoms with Gasteiger partial charge >= 0.3 is 0 Å². The van der Waals surface area contributed by atoms with Gasteiger partial charge < -0.3 is 18.9 Å². The van der Waals surface area contributed by atoms with Crippen LogP contribution in [0, 0.1) is 27.7 Å². The fourth-order valence-electron chi connectivity index (χ4n) is 4.29. The van der Waals surface area contributed by atoms with E-state index >= 15 is 0 Å². The molecule has 4 unspecified atom stereocenters. The normalized spacial score (nSPS) is 21.8. The van der Waals surface area contributed by atoms with E-state index in [1.54, 1.807) is 0 Å². The summed E-state index contributed by atoms with van der Waals surface area (Å²) in [6.07, 6.45) is 2.68. The van der Waals surface area contributed by atoms with Crippen molar-refractivity contribution >= 4 is 0 Å². The molecule has 0 aromatic heterocycles. The highest BCUT2D eigenvalue weighted by molar-refractivity contribution is 5.70. The molecular formula is C26H34O4. The first-order chi connectivity index (χ1) is 14.4. The summed E-state index contributed by atoms with van der Waals surface area (Å²) in [6, 6.07) is 8.91. The maximum Gasteiger partial charge on any atom is 0.127 e. The van der Waals surface area contributed by atoms with Crippen LogP contribution in [0.1, 0.15) is 48.9 Å². The van der Waals surface area contributed by atoms with Gasteiger partial charge in [-0.2, -0.15) is 0 Å². The number of epoxide rings is 2. The molecular weight excluding hydrogens is 376 g/mol. The van der Waals surface area contributed by atoms with Crippen LogP contribution in [-0.2, 0) is 9.47 Å². The van der Waals surface area contributed by atoms with Gasteiger partial charge in [-0.1, -0.05) is 13.8 Å². The molecule has 162 valence electrons. The lowest BCUT2D eigenvalue weighted by Gasteiger charge is -2.21. The fraction of sp³-hybridized carbons (Fsp3) is 0.538. The standard InChI is InChI=1S/C26H34O4/c1-7-21(23-13-27-23)29-25-15(3)9-19(10-16(25)4)20-11-17(5)26(18(6)12-20)30-22(8-2)24-14-28-24/h9-12,21-24H,7-8,13-14H2,1-6H3. The van der Waals surface area contributed by atoms with Gasteiger partial charge in [0.25, 0.3) is 0 Å². The van der Waals surface area contributed by atoms with Gasteiger partial charge in [0.1, 0.15) is 35.9 Å². The highest BCUT2D eigenvalue weighted by Crippen LogP contribution is 2.36. The quantitative estimate of drug-likeness (QED) is 0.497. The van der Waals surface area contributed by atoms with Crippen molar-refractivity contribution in [3.05, 3.63) is 46.5 Å². The molecule has 2 aromatic carbocycles. The molecule has 4 nitrogen and oxygen atoms in total. The Kier molecular flexibility index (Phi) is 6.08. The van der Waals surface area contributed by atoms with Crippen LogP contribution in [0.25, 0.3) is 11.1 Å². The molecule has 2 fully saturated rings. The Labute approximate surface area is 180 Å². The van der Waals surface area contributed by atoms with Gasteiger partial charge in [-0.15, -0.1) is 0 Å². The Morgan fingerprint density at radius 3 is 1.23 bits per heavy atom. The largest absolute Gasteiger partial charge is 0.487 e. The van der Waals surface area contributed by atoms with Crippen LogP contribution in [-0.4, -0.2) is 37.6 Å². The Balaban J connectivity index is 1.59. The summed E-state index contributed by atoms with van der Waals surface area (Å²) in [6.45, 7) is 14.4. The van der Waals surface area contributed by atoms with Gasteiger partial charge in [-0.05, 0) is 98.2 Å². The van der Waals surface area contributed by atoms with Crippen LogP contribution >= 0.6 is 0 Å². The van der Waals surface area contributed by atoms with E-state index in [9.17, 15) is 0 Å². The third kappa shape index (κ3) is 4.50. The van der Waals surface area contributed by atoms with Crippen molar-refractivity contribution in [1.29, 1.82) is 0 Å². The summed E-state index contributed by atoms with van der Waals surface area (Å²) < 4.78 is 23.6. The Morgan fingerprint density at radius 1 is 0.700 bits per heavy atom. The molecule has 2 aliphatic heterocycles. The van der Waals surface area contributed by atoms with Gasteiger partial charge in [-0.3, -0.25) is 0 Å². The van der Waals surface area contributed by atoms with E-state index in [1.807, 2.05) is 0 Å². The lowest BCUT2D eigenvalue weighted by atomic mass is 9.96. The van der Waals surface area contributed by atoms with Crippen molar-refractivity contribution in [2.45, 2.75) is 78.8 Å². The van der Waals surface area contributed by atoms with Crippen LogP contribution in [0.4, 0.5) is 0 Å². The number of hydrogen-bond donors (Lipinski definition) is 0. The molecule has 2 saturated heterocycles. The maximum atomic E-state index is 6.33. The van der Waals surface area contributed by atoms with Crippen molar-refractivity contribution in [2.24, 2.45) is 0 Å². The average Bonchev–Trinajstić information content (AvgIpc) is 3.60. The van der Waals surface area contributed by atoms with Gasteiger partial charge in [0.05, 0.1) is 13.2 Å². The van der Waals surface area contributed by atoms with Gasteiger partial charge in [0, 0.05) is 0 Å². The topological polar surface area (TPSA) is 43.5 Å². The van der Waals surface area contributed by atoms with Crippen molar-refractivity contribution in [2.75, 3.05) is 13.2 Å². The van der Waals surface area contributed by atoms with Crippen molar-refractivity contribution in [3.63, 3.8) is 0 Å². The third-order valence-electron chi connectivity index (χ3n) is 6.14. The zero-order chi connectivity index (χ0) is 21.4. The predicted octanol–water partition coefficient (Wildman–Crippen LogP) is 5.70. The molecule has 2 aliphatic rings. The molecule has 0 N–H and O–H groups in total. The number of benzene rings is 2. The van der Waals surface area contributed by atoms with Crippen LogP contribution in [0.3, 0.4) is 0 Å². The molecule has 4 rings (SSSR count). The van der Waals surface area contributed by atoms with E-state index in [1.165, 1.54) is 11.1 Å². The Hall–Kier alpha value is -2.04. The van der Waals surface area contributed by atoms with Crippen molar-refractivity contribution in [3.8, 4) is 22.6 Å². The molecule has 4 heteroatoms. The fourth-order valence-corrected chi connectivity index (χ4v) is 4.29. The SMILES string of the molecule is CCC(Oc1c(C)cc(-c2cc(C)c(OC(CC)C3CO3)c(C)c2)cc1C)C1CO1.